The van der Waals surface area contributed by atoms with Crippen molar-refractivity contribution in [1.29, 1.82) is 0 Å². The van der Waals surface area contributed by atoms with Crippen LogP contribution in [0.2, 0.25) is 15.1 Å². The van der Waals surface area contributed by atoms with Crippen LogP contribution < -0.4 is 0 Å². The van der Waals surface area contributed by atoms with Crippen molar-refractivity contribution in [2.24, 2.45) is 4.99 Å². The predicted octanol–water partition coefficient (Wildman–Crippen LogP) is 6.14. The van der Waals surface area contributed by atoms with Gasteiger partial charge in [-0.15, -0.1) is 0 Å². The molecule has 4 heteroatoms. The van der Waals surface area contributed by atoms with Crippen molar-refractivity contribution in [3.63, 3.8) is 0 Å². The summed E-state index contributed by atoms with van der Waals surface area (Å²) in [6.07, 6.45) is 1.82. The topological polar surface area (TPSA) is 12.4 Å². The van der Waals surface area contributed by atoms with E-state index in [1.165, 1.54) is 5.56 Å². The lowest BCUT2D eigenvalue weighted by Gasteiger charge is -2.11. The summed E-state index contributed by atoms with van der Waals surface area (Å²) >= 11 is 18.3. The van der Waals surface area contributed by atoms with Crippen molar-refractivity contribution < 1.29 is 0 Å². The van der Waals surface area contributed by atoms with Crippen molar-refractivity contribution in [3.8, 4) is 0 Å². The van der Waals surface area contributed by atoms with Crippen LogP contribution in [-0.4, -0.2) is 6.21 Å². The minimum Gasteiger partial charge on any atom is -0.285 e. The highest BCUT2D eigenvalue weighted by molar-refractivity contribution is 6.39. The zero-order chi connectivity index (χ0) is 14.7. The molecule has 1 nitrogen and oxygen atoms in total. The van der Waals surface area contributed by atoms with Crippen molar-refractivity contribution in [2.45, 2.75) is 19.9 Å². The van der Waals surface area contributed by atoms with Gasteiger partial charge in [-0.1, -0.05) is 64.6 Å². The summed E-state index contributed by atoms with van der Waals surface area (Å²) in [6.45, 7) is 4.00. The van der Waals surface area contributed by atoms with E-state index in [-0.39, 0.29) is 6.04 Å². The van der Waals surface area contributed by atoms with Gasteiger partial charge >= 0.3 is 0 Å². The van der Waals surface area contributed by atoms with E-state index in [4.69, 9.17) is 34.8 Å². The summed E-state index contributed by atoms with van der Waals surface area (Å²) in [5.74, 6) is 0. The second-order valence-corrected chi connectivity index (χ2v) is 5.90. The van der Waals surface area contributed by atoms with Crippen LogP contribution in [0.5, 0.6) is 0 Å². The van der Waals surface area contributed by atoms with Gasteiger partial charge < -0.3 is 0 Å². The quantitative estimate of drug-likeness (QED) is 0.601. The van der Waals surface area contributed by atoms with Gasteiger partial charge in [-0.25, -0.2) is 0 Å². The monoisotopic (exact) mass is 325 g/mol. The molecule has 0 aliphatic heterocycles. The first kappa shape index (κ1) is 15.4. The summed E-state index contributed by atoms with van der Waals surface area (Å²) in [7, 11) is 0. The van der Waals surface area contributed by atoms with Crippen LogP contribution in [0.1, 0.15) is 29.7 Å². The number of rotatable bonds is 3. The smallest absolute Gasteiger partial charge is 0.0750 e. The maximum atomic E-state index is 6.19. The molecule has 0 fully saturated rings. The van der Waals surface area contributed by atoms with Crippen LogP contribution in [-0.2, 0) is 0 Å². The molecule has 104 valence electrons. The number of benzene rings is 2. The zero-order valence-corrected chi connectivity index (χ0v) is 13.5. The molecule has 1 unspecified atom stereocenters. The average Bonchev–Trinajstić information content (AvgIpc) is 2.37. The number of aliphatic imine (C=N–C) groups is 1. The lowest BCUT2D eigenvalue weighted by molar-refractivity contribution is 0.826. The summed E-state index contributed by atoms with van der Waals surface area (Å²) in [5.41, 5.74) is 3.06. The van der Waals surface area contributed by atoms with Crippen LogP contribution >= 0.6 is 34.8 Å². The van der Waals surface area contributed by atoms with Gasteiger partial charge in [-0.2, -0.15) is 0 Å². The van der Waals surface area contributed by atoms with Crippen molar-refractivity contribution in [3.05, 3.63) is 68.2 Å². The molecule has 0 saturated heterocycles. The van der Waals surface area contributed by atoms with Gasteiger partial charge in [0.2, 0.25) is 0 Å². The highest BCUT2D eigenvalue weighted by Crippen LogP contribution is 2.34. The zero-order valence-electron chi connectivity index (χ0n) is 11.2. The van der Waals surface area contributed by atoms with Gasteiger partial charge in [0.15, 0.2) is 0 Å². The standard InChI is InChI=1S/C16H14Cl3N/c1-10-3-5-12(6-4-10)9-20-11(2)16-14(18)7-13(17)8-15(16)19/h3-9,11H,1-2H3/b20-9-. The first-order chi connectivity index (χ1) is 9.47. The molecule has 0 saturated carbocycles. The van der Waals surface area contributed by atoms with E-state index < -0.39 is 0 Å². The Hall–Kier alpha value is -1.02. The third-order valence-corrected chi connectivity index (χ3v) is 3.83. The minimum absolute atomic E-state index is 0.131. The SMILES string of the molecule is Cc1ccc(/C=N\C(C)c2c(Cl)cc(Cl)cc2Cl)cc1. The average molecular weight is 327 g/mol. The Bertz CT molecular complexity index is 610. The molecule has 2 rings (SSSR count). The third-order valence-electron chi connectivity index (χ3n) is 2.99. The molecular formula is C16H14Cl3N. The Morgan fingerprint density at radius 2 is 1.55 bits per heavy atom. The van der Waals surface area contributed by atoms with Gasteiger partial charge in [-0.05, 0) is 31.5 Å². The molecule has 0 aliphatic rings. The van der Waals surface area contributed by atoms with E-state index >= 15 is 0 Å². The molecule has 20 heavy (non-hydrogen) atoms. The van der Waals surface area contributed by atoms with E-state index in [0.29, 0.717) is 15.1 Å². The first-order valence-corrected chi connectivity index (χ1v) is 7.35. The lowest BCUT2D eigenvalue weighted by atomic mass is 10.1. The van der Waals surface area contributed by atoms with Crippen molar-refractivity contribution in [1.82, 2.24) is 0 Å². The number of nitrogens with zero attached hydrogens (tertiary/aromatic N) is 1. The molecule has 0 aliphatic carbocycles. The maximum absolute atomic E-state index is 6.19. The van der Waals surface area contributed by atoms with Crippen LogP contribution in [0.15, 0.2) is 41.4 Å². The Morgan fingerprint density at radius 1 is 1.00 bits per heavy atom. The Morgan fingerprint density at radius 3 is 2.10 bits per heavy atom. The van der Waals surface area contributed by atoms with Gasteiger partial charge in [-0.3, -0.25) is 4.99 Å². The second kappa shape index (κ2) is 6.62. The second-order valence-electron chi connectivity index (χ2n) is 4.65. The van der Waals surface area contributed by atoms with Crippen LogP contribution in [0.25, 0.3) is 0 Å². The van der Waals surface area contributed by atoms with Crippen LogP contribution in [0.4, 0.5) is 0 Å². The highest BCUT2D eigenvalue weighted by atomic mass is 35.5. The van der Waals surface area contributed by atoms with E-state index in [0.717, 1.165) is 11.1 Å². The highest BCUT2D eigenvalue weighted by Gasteiger charge is 2.13. The van der Waals surface area contributed by atoms with E-state index in [2.05, 4.69) is 11.9 Å². The fourth-order valence-corrected chi connectivity index (χ4v) is 3.01. The van der Waals surface area contributed by atoms with Crippen LogP contribution in [0, 0.1) is 6.92 Å². The lowest BCUT2D eigenvalue weighted by Crippen LogP contribution is -1.94. The van der Waals surface area contributed by atoms with Crippen LogP contribution in [0.3, 0.4) is 0 Å². The normalized spacial score (nSPS) is 12.8. The summed E-state index contributed by atoms with van der Waals surface area (Å²) in [4.78, 5) is 4.51. The van der Waals surface area contributed by atoms with Gasteiger partial charge in [0.05, 0.1) is 6.04 Å². The molecule has 0 amide bonds. The van der Waals surface area contributed by atoms with Gasteiger partial charge in [0.1, 0.15) is 0 Å². The molecule has 0 aromatic heterocycles. The Kier molecular flexibility index (Phi) is 5.09. The predicted molar refractivity (Wildman–Crippen MR) is 88.7 cm³/mol. The Balaban J connectivity index is 2.24. The maximum Gasteiger partial charge on any atom is 0.0750 e. The molecule has 2 aromatic rings. The summed E-state index contributed by atoms with van der Waals surface area (Å²) in [6, 6.07) is 11.4. The number of hydrogen-bond acceptors (Lipinski definition) is 1. The number of aryl methyl sites for hydroxylation is 1. The molecule has 0 spiro atoms. The first-order valence-electron chi connectivity index (χ1n) is 6.21. The minimum atomic E-state index is -0.131. The van der Waals surface area contributed by atoms with E-state index in [1.54, 1.807) is 12.1 Å². The molecule has 0 heterocycles. The fourth-order valence-electron chi connectivity index (χ4n) is 1.88. The van der Waals surface area contributed by atoms with Crippen molar-refractivity contribution >= 4 is 41.0 Å². The van der Waals surface area contributed by atoms with Gasteiger partial charge in [0.25, 0.3) is 0 Å². The summed E-state index contributed by atoms with van der Waals surface area (Å²) in [5, 5.41) is 1.60. The Labute approximate surface area is 134 Å². The number of hydrogen-bond donors (Lipinski definition) is 0. The van der Waals surface area contributed by atoms with E-state index in [1.807, 2.05) is 37.4 Å². The molecule has 1 atom stereocenters. The molecular weight excluding hydrogens is 313 g/mol. The fraction of sp³-hybridized carbons (Fsp3) is 0.188. The van der Waals surface area contributed by atoms with Crippen molar-refractivity contribution in [2.75, 3.05) is 0 Å². The summed E-state index contributed by atoms with van der Waals surface area (Å²) < 4.78 is 0. The third kappa shape index (κ3) is 3.76. The molecule has 0 radical (unpaired) electrons. The molecule has 0 N–H and O–H groups in total. The molecule has 2 aromatic carbocycles. The molecule has 0 bridgehead atoms. The van der Waals surface area contributed by atoms with Gasteiger partial charge in [0, 0.05) is 26.8 Å². The van der Waals surface area contributed by atoms with E-state index in [9.17, 15) is 0 Å². The largest absolute Gasteiger partial charge is 0.285 e. The number of halogens is 3.